The molecule has 0 bridgehead atoms. The van der Waals surface area contributed by atoms with Gasteiger partial charge in [0.25, 0.3) is 0 Å². The number of amides is 1. The molecule has 0 heterocycles. The highest BCUT2D eigenvalue weighted by molar-refractivity contribution is 5.79. The third kappa shape index (κ3) is 3.19. The SMILES string of the molecule is CC(C)C(CN)C(=O)N(C)CC1CC(O)C1. The molecule has 1 aliphatic carbocycles. The monoisotopic (exact) mass is 228 g/mol. The maximum absolute atomic E-state index is 12.1. The van der Waals surface area contributed by atoms with E-state index in [-0.39, 0.29) is 23.8 Å². The Morgan fingerprint density at radius 3 is 2.44 bits per heavy atom. The topological polar surface area (TPSA) is 66.6 Å². The molecular formula is C12H24N2O2. The van der Waals surface area contributed by atoms with Crippen molar-refractivity contribution in [2.45, 2.75) is 32.8 Å². The van der Waals surface area contributed by atoms with E-state index >= 15 is 0 Å². The van der Waals surface area contributed by atoms with Crippen LogP contribution in [0.1, 0.15) is 26.7 Å². The molecule has 1 aliphatic rings. The summed E-state index contributed by atoms with van der Waals surface area (Å²) in [5, 5.41) is 9.19. The van der Waals surface area contributed by atoms with Crippen LogP contribution in [0.4, 0.5) is 0 Å². The molecule has 0 spiro atoms. The molecule has 4 heteroatoms. The van der Waals surface area contributed by atoms with E-state index in [1.807, 2.05) is 20.9 Å². The molecule has 1 unspecified atom stereocenters. The molecule has 0 saturated heterocycles. The Balaban J connectivity index is 2.40. The Labute approximate surface area is 97.8 Å². The molecule has 4 nitrogen and oxygen atoms in total. The summed E-state index contributed by atoms with van der Waals surface area (Å²) in [5.74, 6) is 0.815. The predicted octanol–water partition coefficient (Wildman–Crippen LogP) is 0.447. The van der Waals surface area contributed by atoms with Gasteiger partial charge in [-0.05, 0) is 24.7 Å². The van der Waals surface area contributed by atoms with Crippen LogP contribution in [-0.2, 0) is 4.79 Å². The fourth-order valence-electron chi connectivity index (χ4n) is 2.27. The normalized spacial score (nSPS) is 26.4. The van der Waals surface area contributed by atoms with E-state index in [0.717, 1.165) is 19.4 Å². The van der Waals surface area contributed by atoms with Crippen molar-refractivity contribution in [3.8, 4) is 0 Å². The average Bonchev–Trinajstić information content (AvgIpc) is 2.15. The summed E-state index contributed by atoms with van der Waals surface area (Å²) in [6, 6.07) is 0. The lowest BCUT2D eigenvalue weighted by molar-refractivity contribution is -0.136. The third-order valence-electron chi connectivity index (χ3n) is 3.49. The molecule has 1 saturated carbocycles. The van der Waals surface area contributed by atoms with Gasteiger partial charge in [-0.1, -0.05) is 13.8 Å². The first kappa shape index (κ1) is 13.5. The zero-order chi connectivity index (χ0) is 12.3. The molecule has 1 atom stereocenters. The zero-order valence-electron chi connectivity index (χ0n) is 10.5. The van der Waals surface area contributed by atoms with Crippen molar-refractivity contribution in [3.63, 3.8) is 0 Å². The summed E-state index contributed by atoms with van der Waals surface area (Å²) in [6.45, 7) is 5.21. The van der Waals surface area contributed by atoms with E-state index in [0.29, 0.717) is 12.5 Å². The first-order valence-electron chi connectivity index (χ1n) is 6.08. The zero-order valence-corrected chi connectivity index (χ0v) is 10.5. The number of rotatable bonds is 5. The van der Waals surface area contributed by atoms with Crippen LogP contribution >= 0.6 is 0 Å². The maximum atomic E-state index is 12.1. The number of hydrogen-bond donors (Lipinski definition) is 2. The fourth-order valence-corrected chi connectivity index (χ4v) is 2.27. The van der Waals surface area contributed by atoms with Gasteiger partial charge in [0.1, 0.15) is 0 Å². The van der Waals surface area contributed by atoms with Crippen molar-refractivity contribution in [1.29, 1.82) is 0 Å². The van der Waals surface area contributed by atoms with Crippen molar-refractivity contribution in [2.75, 3.05) is 20.1 Å². The number of nitrogens with zero attached hydrogens (tertiary/aromatic N) is 1. The molecule has 1 amide bonds. The number of carbonyl (C=O) groups is 1. The molecule has 0 aliphatic heterocycles. The number of carbonyl (C=O) groups excluding carboxylic acids is 1. The molecule has 0 radical (unpaired) electrons. The Morgan fingerprint density at radius 1 is 1.50 bits per heavy atom. The second kappa shape index (κ2) is 5.64. The lowest BCUT2D eigenvalue weighted by atomic mass is 9.82. The lowest BCUT2D eigenvalue weighted by Crippen LogP contribution is -2.44. The van der Waals surface area contributed by atoms with Gasteiger partial charge in [-0.25, -0.2) is 0 Å². The summed E-state index contributed by atoms with van der Waals surface area (Å²) < 4.78 is 0. The van der Waals surface area contributed by atoms with Crippen LogP contribution in [0.15, 0.2) is 0 Å². The van der Waals surface area contributed by atoms with Gasteiger partial charge in [-0.15, -0.1) is 0 Å². The molecule has 16 heavy (non-hydrogen) atoms. The van der Waals surface area contributed by atoms with Gasteiger partial charge in [0.2, 0.25) is 5.91 Å². The van der Waals surface area contributed by atoms with Crippen LogP contribution in [0.5, 0.6) is 0 Å². The van der Waals surface area contributed by atoms with E-state index in [4.69, 9.17) is 5.73 Å². The van der Waals surface area contributed by atoms with Gasteiger partial charge in [0.15, 0.2) is 0 Å². The minimum atomic E-state index is -0.149. The summed E-state index contributed by atoms with van der Waals surface area (Å²) in [6.07, 6.45) is 1.50. The average molecular weight is 228 g/mol. The van der Waals surface area contributed by atoms with Gasteiger partial charge in [0.05, 0.1) is 12.0 Å². The van der Waals surface area contributed by atoms with Crippen molar-refractivity contribution < 1.29 is 9.90 Å². The van der Waals surface area contributed by atoms with Crippen LogP contribution in [0, 0.1) is 17.8 Å². The summed E-state index contributed by atoms with van der Waals surface area (Å²) in [4.78, 5) is 13.8. The Morgan fingerprint density at radius 2 is 2.06 bits per heavy atom. The largest absolute Gasteiger partial charge is 0.393 e. The Hall–Kier alpha value is -0.610. The molecule has 1 rings (SSSR count). The second-order valence-corrected chi connectivity index (χ2v) is 5.30. The van der Waals surface area contributed by atoms with Crippen molar-refractivity contribution in [1.82, 2.24) is 4.90 Å². The number of hydrogen-bond acceptors (Lipinski definition) is 3. The van der Waals surface area contributed by atoms with Gasteiger partial charge in [-0.2, -0.15) is 0 Å². The molecule has 0 aromatic rings. The minimum Gasteiger partial charge on any atom is -0.393 e. The molecular weight excluding hydrogens is 204 g/mol. The Bertz CT molecular complexity index is 237. The van der Waals surface area contributed by atoms with Gasteiger partial charge in [-0.3, -0.25) is 4.79 Å². The highest BCUT2D eigenvalue weighted by Crippen LogP contribution is 2.28. The highest BCUT2D eigenvalue weighted by atomic mass is 16.3. The van der Waals surface area contributed by atoms with Crippen LogP contribution in [0.2, 0.25) is 0 Å². The summed E-state index contributed by atoms with van der Waals surface area (Å²) in [7, 11) is 1.83. The smallest absolute Gasteiger partial charge is 0.226 e. The molecule has 1 fully saturated rings. The fraction of sp³-hybridized carbons (Fsp3) is 0.917. The van der Waals surface area contributed by atoms with Crippen LogP contribution < -0.4 is 5.73 Å². The summed E-state index contributed by atoms with van der Waals surface area (Å²) in [5.41, 5.74) is 5.62. The van der Waals surface area contributed by atoms with Gasteiger partial charge in [0, 0.05) is 20.1 Å². The first-order valence-corrected chi connectivity index (χ1v) is 6.08. The number of aliphatic hydroxyl groups excluding tert-OH is 1. The van der Waals surface area contributed by atoms with Gasteiger partial charge < -0.3 is 15.7 Å². The number of nitrogens with two attached hydrogens (primary N) is 1. The van der Waals surface area contributed by atoms with Crippen molar-refractivity contribution >= 4 is 5.91 Å². The van der Waals surface area contributed by atoms with Crippen LogP contribution in [0.25, 0.3) is 0 Å². The van der Waals surface area contributed by atoms with E-state index in [1.165, 1.54) is 0 Å². The second-order valence-electron chi connectivity index (χ2n) is 5.30. The van der Waals surface area contributed by atoms with Crippen molar-refractivity contribution in [3.05, 3.63) is 0 Å². The number of aliphatic hydroxyl groups is 1. The lowest BCUT2D eigenvalue weighted by Gasteiger charge is -2.35. The molecule has 3 N–H and O–H groups in total. The summed E-state index contributed by atoms with van der Waals surface area (Å²) >= 11 is 0. The van der Waals surface area contributed by atoms with E-state index < -0.39 is 0 Å². The van der Waals surface area contributed by atoms with Crippen molar-refractivity contribution in [2.24, 2.45) is 23.5 Å². The first-order chi connectivity index (χ1) is 7.45. The van der Waals surface area contributed by atoms with Crippen LogP contribution in [-0.4, -0.2) is 42.2 Å². The Kier molecular flexibility index (Phi) is 4.74. The standard InChI is InChI=1S/C12H24N2O2/c1-8(2)11(6-13)12(16)14(3)7-9-4-10(15)5-9/h8-11,15H,4-7,13H2,1-3H3. The molecule has 0 aromatic carbocycles. The van der Waals surface area contributed by atoms with Gasteiger partial charge >= 0.3 is 0 Å². The molecule has 0 aromatic heterocycles. The predicted molar refractivity (Wildman–Crippen MR) is 63.8 cm³/mol. The van der Waals surface area contributed by atoms with E-state index in [2.05, 4.69) is 0 Å². The quantitative estimate of drug-likeness (QED) is 0.718. The third-order valence-corrected chi connectivity index (χ3v) is 3.49. The molecule has 94 valence electrons. The van der Waals surface area contributed by atoms with Crippen LogP contribution in [0.3, 0.4) is 0 Å². The maximum Gasteiger partial charge on any atom is 0.226 e. The van der Waals surface area contributed by atoms with E-state index in [1.54, 1.807) is 4.90 Å². The highest BCUT2D eigenvalue weighted by Gasteiger charge is 2.31. The minimum absolute atomic E-state index is 0.0741. The van der Waals surface area contributed by atoms with E-state index in [9.17, 15) is 9.90 Å².